The summed E-state index contributed by atoms with van der Waals surface area (Å²) >= 11 is 1.05. The highest BCUT2D eigenvalue weighted by molar-refractivity contribution is 7.93. The van der Waals surface area contributed by atoms with E-state index in [1.807, 2.05) is 4.90 Å². The third-order valence-corrected chi connectivity index (χ3v) is 8.68. The largest absolute Gasteiger partial charge is 0.493 e. The van der Waals surface area contributed by atoms with Crippen molar-refractivity contribution < 1.29 is 30.7 Å². The molecule has 0 radical (unpaired) electrons. The Morgan fingerprint density at radius 3 is 2.78 bits per heavy atom. The summed E-state index contributed by atoms with van der Waals surface area (Å²) in [5, 5.41) is 1.66. The van der Waals surface area contributed by atoms with Gasteiger partial charge in [0.1, 0.15) is 16.5 Å². The topological polar surface area (TPSA) is 83.9 Å². The van der Waals surface area contributed by atoms with Crippen molar-refractivity contribution in [2.45, 2.75) is 49.3 Å². The number of aromatic nitrogens is 1. The van der Waals surface area contributed by atoms with E-state index in [0.29, 0.717) is 17.6 Å². The van der Waals surface area contributed by atoms with E-state index in [0.717, 1.165) is 23.5 Å². The first-order chi connectivity index (χ1) is 17.5. The van der Waals surface area contributed by atoms with E-state index in [-0.39, 0.29) is 36.9 Å². The van der Waals surface area contributed by atoms with Crippen molar-refractivity contribution >= 4 is 33.2 Å². The minimum atomic E-state index is -4.35. The number of rotatable bonds is 7. The molecule has 2 aliphatic rings. The van der Waals surface area contributed by atoms with Crippen LogP contribution in [0.1, 0.15) is 37.8 Å². The summed E-state index contributed by atoms with van der Waals surface area (Å²) in [4.78, 5) is 8.96. The summed E-state index contributed by atoms with van der Waals surface area (Å²) < 4.78 is 89.9. The fourth-order valence-electron chi connectivity index (χ4n) is 4.89. The molecule has 4 rings (SSSR count). The smallest absolute Gasteiger partial charge is 0.391 e. The Kier molecular flexibility index (Phi) is 8.05. The molecule has 37 heavy (non-hydrogen) atoms. The van der Waals surface area contributed by atoms with Crippen molar-refractivity contribution in [2.24, 2.45) is 10.9 Å². The molecule has 1 aromatic heterocycles. The lowest BCUT2D eigenvalue weighted by molar-refractivity contribution is -0.190. The maximum absolute atomic E-state index is 15.3. The number of sulfonamides is 1. The van der Waals surface area contributed by atoms with Gasteiger partial charge in [-0.2, -0.15) is 13.2 Å². The van der Waals surface area contributed by atoms with Gasteiger partial charge in [0.15, 0.2) is 5.13 Å². The molecule has 0 saturated carbocycles. The molecule has 2 aliphatic heterocycles. The van der Waals surface area contributed by atoms with Crippen molar-refractivity contribution in [3.63, 3.8) is 0 Å². The van der Waals surface area contributed by atoms with Gasteiger partial charge < -0.3 is 4.74 Å². The Balaban J connectivity index is 1.72. The van der Waals surface area contributed by atoms with Gasteiger partial charge in [-0.3, -0.25) is 14.6 Å². The Morgan fingerprint density at radius 2 is 2.14 bits per heavy atom. The summed E-state index contributed by atoms with van der Waals surface area (Å²) in [6.45, 7) is 5.51. The fraction of sp³-hybridized carbons (Fsp3) is 0.417. The van der Waals surface area contributed by atoms with E-state index in [9.17, 15) is 21.6 Å². The molecule has 1 aromatic carbocycles. The van der Waals surface area contributed by atoms with Gasteiger partial charge in [-0.15, -0.1) is 11.3 Å². The minimum absolute atomic E-state index is 0.0883. The van der Waals surface area contributed by atoms with Crippen molar-refractivity contribution in [3.8, 4) is 5.75 Å². The van der Waals surface area contributed by atoms with Gasteiger partial charge in [-0.05, 0) is 44.7 Å². The van der Waals surface area contributed by atoms with E-state index in [4.69, 9.17) is 4.74 Å². The van der Waals surface area contributed by atoms with Crippen LogP contribution in [0, 0.1) is 11.7 Å². The monoisotopic (exact) mass is 558 g/mol. The number of nitrogens with zero attached hydrogens (tertiary/aromatic N) is 3. The van der Waals surface area contributed by atoms with Crippen molar-refractivity contribution in [2.75, 3.05) is 17.9 Å². The number of ether oxygens (including phenoxy) is 1. The van der Waals surface area contributed by atoms with Crippen LogP contribution in [-0.4, -0.2) is 50.4 Å². The number of piperidine rings is 1. The maximum Gasteiger partial charge on any atom is 0.391 e. The highest BCUT2D eigenvalue weighted by atomic mass is 32.2. The van der Waals surface area contributed by atoms with Gasteiger partial charge in [0.05, 0.1) is 12.5 Å². The molecule has 1 fully saturated rings. The van der Waals surface area contributed by atoms with Crippen LogP contribution in [0.3, 0.4) is 0 Å². The summed E-state index contributed by atoms with van der Waals surface area (Å²) in [5.74, 6) is -2.31. The summed E-state index contributed by atoms with van der Waals surface area (Å²) in [5.41, 5.74) is 0.950. The number of anilines is 1. The first-order valence-electron chi connectivity index (χ1n) is 11.5. The number of alkyl halides is 3. The first-order valence-corrected chi connectivity index (χ1v) is 13.9. The molecule has 2 aromatic rings. The lowest BCUT2D eigenvalue weighted by atomic mass is 9.83. The highest BCUT2D eigenvalue weighted by Gasteiger charge is 2.47. The number of hydrogen-bond acceptors (Lipinski definition) is 7. The Bertz CT molecular complexity index is 1290. The normalized spacial score (nSPS) is 23.5. The predicted octanol–water partition coefficient (Wildman–Crippen LogP) is 5.71. The van der Waals surface area contributed by atoms with Crippen LogP contribution >= 0.6 is 11.3 Å². The van der Waals surface area contributed by atoms with E-state index in [2.05, 4.69) is 21.4 Å². The second-order valence-electron chi connectivity index (χ2n) is 8.74. The molecule has 1 saturated heterocycles. The third-order valence-electron chi connectivity index (χ3n) is 6.51. The molecule has 0 bridgehead atoms. The number of likely N-dealkylation sites (tertiary alicyclic amines) is 1. The van der Waals surface area contributed by atoms with Crippen LogP contribution in [0.25, 0.3) is 0 Å². The van der Waals surface area contributed by atoms with Crippen LogP contribution in [0.5, 0.6) is 5.75 Å². The average molecular weight is 559 g/mol. The molecule has 0 aliphatic carbocycles. The van der Waals surface area contributed by atoms with Crippen LogP contribution in [0.15, 0.2) is 57.5 Å². The van der Waals surface area contributed by atoms with Crippen LogP contribution in [0.2, 0.25) is 0 Å². The molecule has 13 heteroatoms. The molecule has 3 heterocycles. The summed E-state index contributed by atoms with van der Waals surface area (Å²) in [6.07, 6.45) is 2.03. The van der Waals surface area contributed by atoms with Crippen molar-refractivity contribution in [3.05, 3.63) is 59.0 Å². The second-order valence-corrected chi connectivity index (χ2v) is 11.3. The predicted molar refractivity (Wildman–Crippen MR) is 134 cm³/mol. The number of halogens is 4. The number of benzene rings is 1. The van der Waals surface area contributed by atoms with Gasteiger partial charge in [0, 0.05) is 47.9 Å². The quantitative estimate of drug-likeness (QED) is 0.267. The van der Waals surface area contributed by atoms with Crippen molar-refractivity contribution in [1.82, 2.24) is 9.88 Å². The van der Waals surface area contributed by atoms with E-state index >= 15 is 4.39 Å². The molecular formula is C24H26F4N4O3S2. The Hall–Kier alpha value is -2.77. The standard InChI is InChI=1S/C24H26F4N4O3S2/c1-3-4-15(14-29-2)20-11-16(24(26,27)28)5-8-32(20)19-6-9-35-21-13-22(18(25)12-17(19)21)37(33,34)31-23-30-7-10-36-23/h3-4,7,10,12-14,16,19-20H,2,5-6,8-9,11H2,1H3,(H,30,31)/b4-3-,15-14+/t16-,19-,20+/m1/s1. The molecule has 200 valence electrons. The average Bonchev–Trinajstić information content (AvgIpc) is 3.34. The van der Waals surface area contributed by atoms with Crippen LogP contribution < -0.4 is 9.46 Å². The van der Waals surface area contributed by atoms with E-state index in [1.54, 1.807) is 24.5 Å². The second kappa shape index (κ2) is 10.9. The molecule has 0 spiro atoms. The Morgan fingerprint density at radius 1 is 1.35 bits per heavy atom. The molecule has 0 amide bonds. The lowest BCUT2D eigenvalue weighted by Gasteiger charge is -2.46. The number of thiazole rings is 1. The van der Waals surface area contributed by atoms with Crippen LogP contribution in [0.4, 0.5) is 22.7 Å². The zero-order valence-electron chi connectivity index (χ0n) is 19.9. The van der Waals surface area contributed by atoms with Gasteiger partial charge >= 0.3 is 6.18 Å². The number of allylic oxidation sites excluding steroid dienone is 1. The highest BCUT2D eigenvalue weighted by Crippen LogP contribution is 2.45. The molecule has 1 N–H and O–H groups in total. The van der Waals surface area contributed by atoms with Gasteiger partial charge in [-0.25, -0.2) is 17.8 Å². The fourth-order valence-corrected chi connectivity index (χ4v) is 6.75. The van der Waals surface area contributed by atoms with Gasteiger partial charge in [0.2, 0.25) is 0 Å². The minimum Gasteiger partial charge on any atom is -0.493 e. The SMILES string of the molecule is C=N/C=C(\C=C/C)[C@@H]1C[C@H](C(F)(F)F)CCN1[C@@H]1CCOc2cc(S(=O)(=O)Nc3nccs3)c(F)cc21. The van der Waals surface area contributed by atoms with Crippen molar-refractivity contribution in [1.29, 1.82) is 0 Å². The van der Waals surface area contributed by atoms with Gasteiger partial charge in [0.25, 0.3) is 10.0 Å². The van der Waals surface area contributed by atoms with Crippen LogP contribution in [-0.2, 0) is 10.0 Å². The summed E-state index contributed by atoms with van der Waals surface area (Å²) in [7, 11) is -4.29. The first kappa shape index (κ1) is 27.3. The zero-order chi connectivity index (χ0) is 26.8. The van der Waals surface area contributed by atoms with E-state index in [1.165, 1.54) is 12.4 Å². The number of fused-ring (bicyclic) bond motifs is 1. The zero-order valence-corrected chi connectivity index (χ0v) is 21.5. The molecular weight excluding hydrogens is 532 g/mol. The molecule has 3 atom stereocenters. The molecule has 0 unspecified atom stereocenters. The Labute approximate surface area is 216 Å². The number of nitrogens with one attached hydrogen (secondary N) is 1. The van der Waals surface area contributed by atoms with Gasteiger partial charge in [-0.1, -0.05) is 12.2 Å². The molecule has 7 nitrogen and oxygen atoms in total. The number of aliphatic imine (C=N–C) groups is 1. The maximum atomic E-state index is 15.3. The lowest BCUT2D eigenvalue weighted by Crippen LogP contribution is -2.49. The number of hydrogen-bond donors (Lipinski definition) is 1. The summed E-state index contributed by atoms with van der Waals surface area (Å²) in [6, 6.07) is 1.08. The third kappa shape index (κ3) is 5.88. The van der Waals surface area contributed by atoms with E-state index < -0.39 is 44.9 Å².